The molecule has 0 aliphatic rings. The molecule has 2 rings (SSSR count). The molecule has 0 bridgehead atoms. The summed E-state index contributed by atoms with van der Waals surface area (Å²) in [5, 5.41) is 2.77. The highest BCUT2D eigenvalue weighted by molar-refractivity contribution is 9.10. The number of nitrogens with one attached hydrogen (secondary N) is 1. The van der Waals surface area contributed by atoms with Crippen LogP contribution in [-0.2, 0) is 6.54 Å². The summed E-state index contributed by atoms with van der Waals surface area (Å²) >= 11 is 3.24. The Labute approximate surface area is 113 Å². The number of nitrogen functional groups attached to an aromatic ring is 1. The standard InChI is InChI=1S/C12H13BrN4O/c1-2-17-7-8(14)5-10(17)12(18)16-9-3-4-11(13)15-6-9/h3-7H,2,14H2,1H3,(H,16,18). The van der Waals surface area contributed by atoms with E-state index in [9.17, 15) is 4.79 Å². The third-order valence-electron chi connectivity index (χ3n) is 2.48. The number of nitrogens with zero attached hydrogens (tertiary/aromatic N) is 2. The van der Waals surface area contributed by atoms with E-state index in [0.717, 1.165) is 4.60 Å². The maximum Gasteiger partial charge on any atom is 0.272 e. The minimum atomic E-state index is -0.197. The molecule has 0 radical (unpaired) electrons. The van der Waals surface area contributed by atoms with E-state index in [-0.39, 0.29) is 5.91 Å². The molecule has 0 fully saturated rings. The van der Waals surface area contributed by atoms with Crippen molar-refractivity contribution in [2.24, 2.45) is 0 Å². The molecule has 5 nitrogen and oxygen atoms in total. The molecule has 0 saturated carbocycles. The van der Waals surface area contributed by atoms with Crippen LogP contribution in [0.2, 0.25) is 0 Å². The van der Waals surface area contributed by atoms with Crippen LogP contribution in [0.3, 0.4) is 0 Å². The Kier molecular flexibility index (Phi) is 3.66. The number of hydrogen-bond donors (Lipinski definition) is 2. The van der Waals surface area contributed by atoms with Crippen LogP contribution in [0.1, 0.15) is 17.4 Å². The van der Waals surface area contributed by atoms with Crippen LogP contribution in [0.5, 0.6) is 0 Å². The van der Waals surface area contributed by atoms with Gasteiger partial charge in [-0.2, -0.15) is 0 Å². The molecule has 0 aliphatic heterocycles. The van der Waals surface area contributed by atoms with Gasteiger partial charge in [0.1, 0.15) is 10.3 Å². The number of aromatic nitrogens is 2. The zero-order chi connectivity index (χ0) is 13.1. The van der Waals surface area contributed by atoms with Gasteiger partial charge in [0.25, 0.3) is 5.91 Å². The van der Waals surface area contributed by atoms with Gasteiger partial charge >= 0.3 is 0 Å². The van der Waals surface area contributed by atoms with Crippen molar-refractivity contribution in [3.05, 3.63) is 40.9 Å². The summed E-state index contributed by atoms with van der Waals surface area (Å²) in [6.45, 7) is 2.65. The number of anilines is 2. The number of carbonyl (C=O) groups excluding carboxylic acids is 1. The Morgan fingerprint density at radius 2 is 2.33 bits per heavy atom. The summed E-state index contributed by atoms with van der Waals surface area (Å²) in [5.41, 5.74) is 7.45. The van der Waals surface area contributed by atoms with E-state index in [2.05, 4.69) is 26.2 Å². The van der Waals surface area contributed by atoms with Crippen LogP contribution >= 0.6 is 15.9 Å². The number of carbonyl (C=O) groups is 1. The first kappa shape index (κ1) is 12.6. The third-order valence-corrected chi connectivity index (χ3v) is 2.95. The summed E-state index contributed by atoms with van der Waals surface area (Å²) in [6, 6.07) is 5.20. The van der Waals surface area contributed by atoms with Crippen LogP contribution in [0.15, 0.2) is 35.2 Å². The Morgan fingerprint density at radius 3 is 2.94 bits per heavy atom. The molecule has 1 amide bonds. The second-order valence-corrected chi connectivity index (χ2v) is 4.58. The Morgan fingerprint density at radius 1 is 1.56 bits per heavy atom. The summed E-state index contributed by atoms with van der Waals surface area (Å²) < 4.78 is 2.53. The number of amides is 1. The minimum Gasteiger partial charge on any atom is -0.397 e. The topological polar surface area (TPSA) is 72.9 Å². The number of hydrogen-bond acceptors (Lipinski definition) is 3. The summed E-state index contributed by atoms with van der Waals surface area (Å²) in [6.07, 6.45) is 3.33. The molecule has 94 valence electrons. The number of aryl methyl sites for hydroxylation is 1. The fourth-order valence-corrected chi connectivity index (χ4v) is 1.86. The SMILES string of the molecule is CCn1cc(N)cc1C(=O)Nc1ccc(Br)nc1. The molecular weight excluding hydrogens is 296 g/mol. The molecule has 0 aliphatic carbocycles. The van der Waals surface area contributed by atoms with Crippen molar-refractivity contribution in [3.8, 4) is 0 Å². The van der Waals surface area contributed by atoms with Crippen molar-refractivity contribution in [2.75, 3.05) is 11.1 Å². The number of halogens is 1. The first-order valence-corrected chi connectivity index (χ1v) is 6.28. The predicted octanol–water partition coefficient (Wildman–Crippen LogP) is 2.50. The fraction of sp³-hybridized carbons (Fsp3) is 0.167. The van der Waals surface area contributed by atoms with Gasteiger partial charge in [-0.15, -0.1) is 0 Å². The Hall–Kier alpha value is -1.82. The van der Waals surface area contributed by atoms with E-state index in [4.69, 9.17) is 5.73 Å². The zero-order valence-corrected chi connectivity index (χ0v) is 11.4. The van der Waals surface area contributed by atoms with Crippen LogP contribution in [0.4, 0.5) is 11.4 Å². The molecule has 2 heterocycles. The molecule has 0 unspecified atom stereocenters. The second-order valence-electron chi connectivity index (χ2n) is 3.77. The highest BCUT2D eigenvalue weighted by atomic mass is 79.9. The molecule has 3 N–H and O–H groups in total. The normalized spacial score (nSPS) is 10.3. The van der Waals surface area contributed by atoms with E-state index >= 15 is 0 Å². The molecule has 6 heteroatoms. The molecular formula is C12H13BrN4O. The van der Waals surface area contributed by atoms with E-state index in [0.29, 0.717) is 23.6 Å². The molecule has 2 aromatic heterocycles. The molecule has 0 atom stereocenters. The summed E-state index contributed by atoms with van der Waals surface area (Å²) in [4.78, 5) is 16.1. The maximum atomic E-state index is 12.1. The zero-order valence-electron chi connectivity index (χ0n) is 9.85. The number of rotatable bonds is 3. The van der Waals surface area contributed by atoms with E-state index in [1.807, 2.05) is 6.92 Å². The van der Waals surface area contributed by atoms with Gasteiger partial charge in [0.05, 0.1) is 17.6 Å². The van der Waals surface area contributed by atoms with Crippen LogP contribution in [-0.4, -0.2) is 15.5 Å². The fourth-order valence-electron chi connectivity index (χ4n) is 1.63. The molecule has 0 saturated heterocycles. The van der Waals surface area contributed by atoms with Crippen LogP contribution in [0.25, 0.3) is 0 Å². The molecule has 0 aromatic carbocycles. The van der Waals surface area contributed by atoms with Gasteiger partial charge in [0.2, 0.25) is 0 Å². The van der Waals surface area contributed by atoms with Crippen molar-refractivity contribution in [2.45, 2.75) is 13.5 Å². The quantitative estimate of drug-likeness (QED) is 0.856. The minimum absolute atomic E-state index is 0.197. The largest absolute Gasteiger partial charge is 0.397 e. The summed E-state index contributed by atoms with van der Waals surface area (Å²) in [7, 11) is 0. The smallest absolute Gasteiger partial charge is 0.272 e. The average molecular weight is 309 g/mol. The lowest BCUT2D eigenvalue weighted by Gasteiger charge is -2.07. The molecule has 18 heavy (non-hydrogen) atoms. The van der Waals surface area contributed by atoms with Gasteiger partial charge in [0.15, 0.2) is 0 Å². The Balaban J connectivity index is 2.19. The highest BCUT2D eigenvalue weighted by Gasteiger charge is 2.12. The van der Waals surface area contributed by atoms with E-state index in [1.165, 1.54) is 0 Å². The third kappa shape index (κ3) is 2.70. The van der Waals surface area contributed by atoms with Crippen LogP contribution in [0, 0.1) is 0 Å². The van der Waals surface area contributed by atoms with Gasteiger partial charge in [-0.05, 0) is 41.1 Å². The van der Waals surface area contributed by atoms with Gasteiger partial charge in [-0.3, -0.25) is 4.79 Å². The predicted molar refractivity (Wildman–Crippen MR) is 74.4 cm³/mol. The molecule has 0 spiro atoms. The van der Waals surface area contributed by atoms with Gasteiger partial charge in [-0.25, -0.2) is 4.98 Å². The van der Waals surface area contributed by atoms with Crippen molar-refractivity contribution < 1.29 is 4.79 Å². The highest BCUT2D eigenvalue weighted by Crippen LogP contribution is 2.14. The van der Waals surface area contributed by atoms with Crippen molar-refractivity contribution >= 4 is 33.2 Å². The number of nitrogens with two attached hydrogens (primary N) is 1. The molecule has 2 aromatic rings. The van der Waals surface area contributed by atoms with Gasteiger partial charge in [-0.1, -0.05) is 0 Å². The Bertz CT molecular complexity index is 562. The second kappa shape index (κ2) is 5.22. The average Bonchev–Trinajstić information content (AvgIpc) is 2.73. The van der Waals surface area contributed by atoms with Crippen LogP contribution < -0.4 is 11.1 Å². The first-order valence-electron chi connectivity index (χ1n) is 5.48. The number of pyridine rings is 1. The van der Waals surface area contributed by atoms with Crippen molar-refractivity contribution in [1.29, 1.82) is 0 Å². The van der Waals surface area contributed by atoms with Gasteiger partial charge < -0.3 is 15.6 Å². The summed E-state index contributed by atoms with van der Waals surface area (Å²) in [5.74, 6) is -0.197. The lowest BCUT2D eigenvalue weighted by atomic mass is 10.3. The van der Waals surface area contributed by atoms with E-state index in [1.54, 1.807) is 35.2 Å². The maximum absolute atomic E-state index is 12.1. The van der Waals surface area contributed by atoms with Gasteiger partial charge in [0, 0.05) is 12.7 Å². The van der Waals surface area contributed by atoms with E-state index < -0.39 is 0 Å². The van der Waals surface area contributed by atoms with Crippen molar-refractivity contribution in [1.82, 2.24) is 9.55 Å². The lowest BCUT2D eigenvalue weighted by molar-refractivity contribution is 0.101. The first-order chi connectivity index (χ1) is 8.60. The van der Waals surface area contributed by atoms with Crippen molar-refractivity contribution in [3.63, 3.8) is 0 Å². The monoisotopic (exact) mass is 308 g/mol. The lowest BCUT2D eigenvalue weighted by Crippen LogP contribution is -2.16.